The quantitative estimate of drug-likeness (QED) is 0.607. The summed E-state index contributed by atoms with van der Waals surface area (Å²) in [5.41, 5.74) is 0. The Hall–Kier alpha value is 0.287. The molecule has 0 rings (SSSR count). The van der Waals surface area contributed by atoms with Crippen LogP contribution in [-0.2, 0) is 13.6 Å². The Morgan fingerprint density at radius 3 is 1.57 bits per heavy atom. The normalized spacial score (nSPS) is 11.9. The summed E-state index contributed by atoms with van der Waals surface area (Å²) in [5.74, 6) is 0. The maximum absolute atomic E-state index is 10.5. The molecule has 0 fully saturated rings. The lowest BCUT2D eigenvalue weighted by Gasteiger charge is -2.17. The van der Waals surface area contributed by atoms with Crippen molar-refractivity contribution in [2.24, 2.45) is 0 Å². The predicted molar refractivity (Wildman–Crippen MR) is 60.7 cm³/mol. The Kier molecular flexibility index (Phi) is 9.02. The van der Waals surface area contributed by atoms with Crippen LogP contribution in [-0.4, -0.2) is 26.3 Å². The molecular formula is C7H21NO4PSi-. The van der Waals surface area contributed by atoms with Gasteiger partial charge >= 0.3 is 7.82 Å². The largest absolute Gasteiger partial charge is 0.680 e. The minimum atomic E-state index is -3.69. The van der Waals surface area contributed by atoms with Crippen molar-refractivity contribution < 1.29 is 18.5 Å². The van der Waals surface area contributed by atoms with Crippen molar-refractivity contribution in [2.75, 3.05) is 13.2 Å². The fraction of sp³-hybridized carbons (Fsp3) is 1.00. The molecular weight excluding hydrogens is 221 g/mol. The summed E-state index contributed by atoms with van der Waals surface area (Å²) in [7, 11) is -5.05. The summed E-state index contributed by atoms with van der Waals surface area (Å²) in [6, 6.07) is 0. The lowest BCUT2D eigenvalue weighted by molar-refractivity contribution is 0.161. The Morgan fingerprint density at radius 1 is 1.21 bits per heavy atom. The first-order valence-electron chi connectivity index (χ1n) is 4.49. The zero-order chi connectivity index (χ0) is 11.8. The fourth-order valence-electron chi connectivity index (χ4n) is 0.364. The van der Waals surface area contributed by atoms with Crippen LogP contribution in [0.5, 0.6) is 0 Å². The van der Waals surface area contributed by atoms with Gasteiger partial charge in [-0.3, -0.25) is 9.05 Å². The van der Waals surface area contributed by atoms with Crippen LogP contribution < -0.4 is 0 Å². The molecule has 0 aromatic carbocycles. The van der Waals surface area contributed by atoms with Gasteiger partial charge in [0.25, 0.3) is 0 Å². The van der Waals surface area contributed by atoms with Gasteiger partial charge in [-0.05, 0) is 13.8 Å². The standard InChI is InChI=1S/C4H11O4P.C3H10NSi/c1-3-7-9(5,6)8-4-2;1-5(2,3)4/h3-4H2,1-2H3,(H,5,6);4H,1-3H3/q;-1. The van der Waals surface area contributed by atoms with Gasteiger partial charge in [0.15, 0.2) is 0 Å². The molecule has 0 atom stereocenters. The van der Waals surface area contributed by atoms with Gasteiger partial charge in [-0.25, -0.2) is 4.57 Å². The third kappa shape index (κ3) is 22.8. The van der Waals surface area contributed by atoms with Crippen LogP contribution in [0, 0.1) is 0 Å². The summed E-state index contributed by atoms with van der Waals surface area (Å²) < 4.78 is 19.2. The van der Waals surface area contributed by atoms with Crippen LogP contribution in [0.4, 0.5) is 0 Å². The highest BCUT2D eigenvalue weighted by molar-refractivity contribution is 7.47. The molecule has 0 spiro atoms. The SMILES string of the molecule is CCOP(=O)(O)OCC.C[Si](C)(C)[NH-]. The molecule has 0 aromatic rings. The second kappa shape index (κ2) is 7.56. The van der Waals surface area contributed by atoms with Gasteiger partial charge in [-0.1, -0.05) is 27.9 Å². The monoisotopic (exact) mass is 242 g/mol. The number of phosphoric acid groups is 1. The van der Waals surface area contributed by atoms with Gasteiger partial charge in [-0.15, -0.1) is 0 Å². The van der Waals surface area contributed by atoms with E-state index in [1.54, 1.807) is 13.8 Å². The fourth-order valence-corrected chi connectivity index (χ4v) is 1.09. The summed E-state index contributed by atoms with van der Waals surface area (Å²) >= 11 is 0. The van der Waals surface area contributed by atoms with Crippen molar-refractivity contribution in [3.63, 3.8) is 0 Å². The van der Waals surface area contributed by atoms with Gasteiger partial charge in [0, 0.05) is 0 Å². The average Bonchev–Trinajstić information content (AvgIpc) is 1.81. The van der Waals surface area contributed by atoms with Crippen molar-refractivity contribution in [1.29, 1.82) is 0 Å². The van der Waals surface area contributed by atoms with Crippen LogP contribution in [0.1, 0.15) is 13.8 Å². The van der Waals surface area contributed by atoms with Crippen molar-refractivity contribution in [3.05, 3.63) is 5.40 Å². The summed E-state index contributed by atoms with van der Waals surface area (Å²) in [4.78, 5) is 8.63. The van der Waals surface area contributed by atoms with E-state index in [2.05, 4.69) is 9.05 Å². The van der Waals surface area contributed by atoms with Gasteiger partial charge < -0.3 is 10.3 Å². The molecule has 5 nitrogen and oxygen atoms in total. The Morgan fingerprint density at radius 2 is 1.43 bits per heavy atom. The number of hydrogen-bond donors (Lipinski definition) is 1. The molecule has 0 aliphatic heterocycles. The second-order valence-electron chi connectivity index (χ2n) is 3.55. The van der Waals surface area contributed by atoms with Gasteiger partial charge in [-0.2, -0.15) is 0 Å². The molecule has 88 valence electrons. The molecule has 14 heavy (non-hydrogen) atoms. The van der Waals surface area contributed by atoms with Crippen molar-refractivity contribution in [3.8, 4) is 0 Å². The van der Waals surface area contributed by atoms with Crippen LogP contribution in [0.3, 0.4) is 0 Å². The van der Waals surface area contributed by atoms with E-state index in [-0.39, 0.29) is 13.2 Å². The lowest BCUT2D eigenvalue weighted by atomic mass is 10.9. The highest BCUT2D eigenvalue weighted by Crippen LogP contribution is 2.42. The van der Waals surface area contributed by atoms with Crippen LogP contribution in [0.2, 0.25) is 19.6 Å². The molecule has 0 heterocycles. The number of hydrogen-bond acceptors (Lipinski definition) is 3. The molecule has 0 unspecified atom stereocenters. The minimum absolute atomic E-state index is 0.188. The molecule has 0 saturated carbocycles. The van der Waals surface area contributed by atoms with Crippen LogP contribution in [0.15, 0.2) is 0 Å². The molecule has 0 saturated heterocycles. The van der Waals surface area contributed by atoms with Crippen LogP contribution in [0.25, 0.3) is 5.40 Å². The lowest BCUT2D eigenvalue weighted by Crippen LogP contribution is -2.10. The molecule has 0 aromatic heterocycles. The van der Waals surface area contributed by atoms with Crippen molar-refractivity contribution in [2.45, 2.75) is 33.5 Å². The number of phosphoric ester groups is 1. The van der Waals surface area contributed by atoms with E-state index in [9.17, 15) is 4.57 Å². The van der Waals surface area contributed by atoms with E-state index in [1.807, 2.05) is 19.6 Å². The molecule has 0 aliphatic rings. The Labute approximate surface area is 87.3 Å². The topological polar surface area (TPSA) is 79.6 Å². The zero-order valence-electron chi connectivity index (χ0n) is 9.53. The van der Waals surface area contributed by atoms with E-state index >= 15 is 0 Å². The first-order valence-corrected chi connectivity index (χ1v) is 9.48. The third-order valence-electron chi connectivity index (χ3n) is 0.584. The minimum Gasteiger partial charge on any atom is -0.680 e. The summed E-state index contributed by atoms with van der Waals surface area (Å²) in [5, 5.41) is 7.08. The van der Waals surface area contributed by atoms with E-state index in [1.165, 1.54) is 0 Å². The maximum atomic E-state index is 10.5. The first kappa shape index (κ1) is 16.7. The van der Waals surface area contributed by atoms with E-state index in [0.717, 1.165) is 0 Å². The van der Waals surface area contributed by atoms with Gasteiger partial charge in [0.05, 0.1) is 13.2 Å². The summed E-state index contributed by atoms with van der Waals surface area (Å²) in [6.07, 6.45) is 0. The molecule has 0 radical (unpaired) electrons. The first-order chi connectivity index (χ1) is 6.12. The van der Waals surface area contributed by atoms with Crippen molar-refractivity contribution >= 4 is 16.1 Å². The zero-order valence-corrected chi connectivity index (χ0v) is 11.4. The second-order valence-corrected chi connectivity index (χ2v) is 9.51. The predicted octanol–water partition coefficient (Wildman–Crippen LogP) is 3.03. The average molecular weight is 242 g/mol. The van der Waals surface area contributed by atoms with Crippen LogP contribution >= 0.6 is 7.82 Å². The molecule has 0 aliphatic carbocycles. The highest BCUT2D eigenvalue weighted by atomic mass is 31.2. The van der Waals surface area contributed by atoms with Gasteiger partial charge in [0.1, 0.15) is 0 Å². The number of rotatable bonds is 4. The molecule has 2 N–H and O–H groups in total. The smallest absolute Gasteiger partial charge is 0.472 e. The van der Waals surface area contributed by atoms with E-state index < -0.39 is 16.1 Å². The molecule has 0 amide bonds. The highest BCUT2D eigenvalue weighted by Gasteiger charge is 2.17. The molecule has 7 heteroatoms. The third-order valence-corrected chi connectivity index (χ3v) is 1.75. The Bertz CT molecular complexity index is 167. The van der Waals surface area contributed by atoms with Gasteiger partial charge in [0.2, 0.25) is 0 Å². The van der Waals surface area contributed by atoms with Crippen molar-refractivity contribution in [1.82, 2.24) is 0 Å². The molecule has 0 bridgehead atoms. The maximum Gasteiger partial charge on any atom is 0.472 e. The van der Waals surface area contributed by atoms with E-state index in [0.29, 0.717) is 0 Å². The Balaban J connectivity index is 0. The summed E-state index contributed by atoms with van der Waals surface area (Å²) in [6.45, 7) is 9.61. The number of nitrogens with one attached hydrogen (secondary N) is 1. The van der Waals surface area contributed by atoms with E-state index in [4.69, 9.17) is 10.3 Å².